The molecule has 1 N–H and O–H groups in total. The van der Waals surface area contributed by atoms with Crippen molar-refractivity contribution in [2.24, 2.45) is 18.1 Å². The fourth-order valence-electron chi connectivity index (χ4n) is 3.09. The molecule has 0 aromatic rings. The fraction of sp³-hybridized carbons (Fsp3) is 1.00. The van der Waals surface area contributed by atoms with E-state index in [4.69, 9.17) is 18.1 Å². The summed E-state index contributed by atoms with van der Waals surface area (Å²) >= 11 is 0. The molecule has 0 bridgehead atoms. The van der Waals surface area contributed by atoms with Gasteiger partial charge in [0.1, 0.15) is 14.7 Å². The van der Waals surface area contributed by atoms with Gasteiger partial charge in [-0.05, 0) is 125 Å². The third-order valence-corrected chi connectivity index (χ3v) is 24.2. The first-order valence-electron chi connectivity index (χ1n) is 11.1. The van der Waals surface area contributed by atoms with Crippen molar-refractivity contribution >= 4 is 37.1 Å². The number of nitrogens with one attached hydrogen (secondary N) is 1. The van der Waals surface area contributed by atoms with Crippen LogP contribution in [-0.4, -0.2) is 153 Å². The summed E-state index contributed by atoms with van der Waals surface area (Å²) in [4.78, 5) is 0. The van der Waals surface area contributed by atoms with E-state index in [1.54, 1.807) is 0 Å². The Kier molecular flexibility index (Phi) is 13.1. The molecular formula is C18H55N11P5+. The van der Waals surface area contributed by atoms with Crippen LogP contribution in [0.4, 0.5) is 0 Å². The van der Waals surface area contributed by atoms with Gasteiger partial charge >= 0.3 is 7.87 Å². The first-order valence-corrected chi connectivity index (χ1v) is 21.6. The van der Waals surface area contributed by atoms with Crippen LogP contribution >= 0.6 is 37.1 Å². The molecule has 16 heteroatoms. The lowest BCUT2D eigenvalue weighted by Crippen LogP contribution is -2.29. The van der Waals surface area contributed by atoms with E-state index < -0.39 is 37.1 Å². The Bertz CT molecular complexity index is 818. The maximum Gasteiger partial charge on any atom is 0.496 e. The second-order valence-electron chi connectivity index (χ2n) is 10.4. The van der Waals surface area contributed by atoms with Gasteiger partial charge < -0.3 is 0 Å². The third kappa shape index (κ3) is 8.29. The SMILES string of the molecule is CNP(=N[P+](N=P(C)(C)C)(N=P(C)(N(C)C)N(C)C)N=P(C)(N(C)C)N(C)C)(N(C)C)N(C)C. The summed E-state index contributed by atoms with van der Waals surface area (Å²) in [7, 11) is 15.9. The zero-order valence-corrected chi connectivity index (χ0v) is 29.7. The molecule has 0 amide bonds. The summed E-state index contributed by atoms with van der Waals surface area (Å²) < 4.78 is 35.9. The first-order chi connectivity index (χ1) is 15.0. The Balaban J connectivity index is 8.58. The Morgan fingerprint density at radius 3 is 0.941 bits per heavy atom. The molecule has 0 radical (unpaired) electrons. The molecule has 0 unspecified atom stereocenters. The maximum absolute atomic E-state index is 5.68. The first kappa shape index (κ1) is 35.1. The molecule has 0 heterocycles. The van der Waals surface area contributed by atoms with Crippen LogP contribution in [0.2, 0.25) is 0 Å². The van der Waals surface area contributed by atoms with Crippen LogP contribution in [0, 0.1) is 0 Å². The predicted molar refractivity (Wildman–Crippen MR) is 165 cm³/mol. The second kappa shape index (κ2) is 12.7. The summed E-state index contributed by atoms with van der Waals surface area (Å²) in [6, 6.07) is 0. The van der Waals surface area contributed by atoms with Crippen LogP contribution in [0.1, 0.15) is 0 Å². The van der Waals surface area contributed by atoms with Crippen molar-refractivity contribution in [2.45, 2.75) is 0 Å². The topological polar surface area (TPSA) is 80.9 Å². The van der Waals surface area contributed by atoms with E-state index in [0.717, 1.165) is 0 Å². The van der Waals surface area contributed by atoms with E-state index >= 15 is 0 Å². The highest BCUT2D eigenvalue weighted by atomic mass is 31.3. The van der Waals surface area contributed by atoms with Crippen molar-refractivity contribution in [1.82, 2.24) is 33.1 Å². The lowest BCUT2D eigenvalue weighted by molar-refractivity contribution is 0.549. The minimum atomic E-state index is -2.94. The average molecular weight is 581 g/mol. The van der Waals surface area contributed by atoms with Gasteiger partial charge in [0.25, 0.3) is 0 Å². The van der Waals surface area contributed by atoms with Gasteiger partial charge in [-0.15, -0.1) is 0 Å². The Morgan fingerprint density at radius 2 is 0.765 bits per heavy atom. The van der Waals surface area contributed by atoms with E-state index in [-0.39, 0.29) is 0 Å². The van der Waals surface area contributed by atoms with Gasteiger partial charge in [0, 0.05) is 20.4 Å². The Morgan fingerprint density at radius 1 is 0.471 bits per heavy atom. The zero-order chi connectivity index (χ0) is 27.5. The van der Waals surface area contributed by atoms with Crippen molar-refractivity contribution < 1.29 is 0 Å². The maximum atomic E-state index is 5.68. The summed E-state index contributed by atoms with van der Waals surface area (Å²) in [5, 5.41) is 3.57. The van der Waals surface area contributed by atoms with Crippen LogP contribution in [0.25, 0.3) is 0 Å². The van der Waals surface area contributed by atoms with Crippen LogP contribution < -0.4 is 5.09 Å². The third-order valence-electron chi connectivity index (χ3n) is 5.66. The Hall–Kier alpha value is 1.07. The second-order valence-corrected chi connectivity index (χ2v) is 28.1. The normalized spacial score (nSPS) is 14.7. The quantitative estimate of drug-likeness (QED) is 0.318. The van der Waals surface area contributed by atoms with E-state index in [9.17, 15) is 0 Å². The largest absolute Gasteiger partial charge is 0.496 e. The minimum absolute atomic E-state index is 1.68. The van der Waals surface area contributed by atoms with Gasteiger partial charge in [0.2, 0.25) is 7.51 Å². The molecule has 0 atom stereocenters. The van der Waals surface area contributed by atoms with Crippen LogP contribution in [0.15, 0.2) is 18.1 Å². The monoisotopic (exact) mass is 580 g/mol. The molecule has 0 fully saturated rings. The Labute approximate surface area is 213 Å². The average Bonchev–Trinajstić information content (AvgIpc) is 2.63. The number of hydrogen-bond acceptors (Lipinski definition) is 4. The number of rotatable bonds is 11. The lowest BCUT2D eigenvalue weighted by Gasteiger charge is -2.37. The van der Waals surface area contributed by atoms with E-state index in [1.165, 1.54) is 0 Å². The molecule has 0 aliphatic rings. The summed E-state index contributed by atoms with van der Waals surface area (Å²) in [6.45, 7) is 11.2. The molecule has 206 valence electrons. The van der Waals surface area contributed by atoms with Crippen LogP contribution in [0.3, 0.4) is 0 Å². The predicted octanol–water partition coefficient (Wildman–Crippen LogP) is 5.61. The van der Waals surface area contributed by atoms with Gasteiger partial charge in [0.05, 0.1) is 0 Å². The summed E-state index contributed by atoms with van der Waals surface area (Å²) in [5.74, 6) is 0. The van der Waals surface area contributed by atoms with Gasteiger partial charge in [-0.1, -0.05) is 4.52 Å². The van der Waals surface area contributed by atoms with Gasteiger partial charge in [-0.3, -0.25) is 23.8 Å². The molecule has 34 heavy (non-hydrogen) atoms. The molecular weight excluding hydrogens is 525 g/mol. The van der Waals surface area contributed by atoms with Gasteiger partial charge in [-0.2, -0.15) is 0 Å². The van der Waals surface area contributed by atoms with E-state index in [2.05, 4.69) is 151 Å². The number of hydrogen-bond donors (Lipinski definition) is 1. The molecule has 0 aromatic heterocycles. The van der Waals surface area contributed by atoms with Crippen molar-refractivity contribution in [3.8, 4) is 0 Å². The van der Waals surface area contributed by atoms with Crippen LogP contribution in [-0.2, 0) is 0 Å². The lowest BCUT2D eigenvalue weighted by atomic mass is 11.3. The molecule has 0 saturated carbocycles. The van der Waals surface area contributed by atoms with Crippen molar-refractivity contribution in [2.75, 3.05) is 125 Å². The van der Waals surface area contributed by atoms with Gasteiger partial charge in [-0.25, -0.2) is 9.34 Å². The highest BCUT2D eigenvalue weighted by Gasteiger charge is 2.50. The molecule has 0 saturated heterocycles. The number of nitrogens with zero attached hydrogens (tertiary/aromatic N) is 10. The van der Waals surface area contributed by atoms with Crippen molar-refractivity contribution in [3.63, 3.8) is 0 Å². The molecule has 0 aliphatic carbocycles. The van der Waals surface area contributed by atoms with Gasteiger partial charge in [0.15, 0.2) is 0 Å². The summed E-state index contributed by atoms with van der Waals surface area (Å²) in [6.07, 6.45) is 0. The van der Waals surface area contributed by atoms with E-state index in [0.29, 0.717) is 0 Å². The standard InChI is InChI=1S/C18H55N11P5/c1-19-34(28(10)11,29(12)13)23-33(20-30(14,15)16,21-31(17,24(2)3)25(4)5)22-32(18,26(6)7)27(8)9/h19H,1-18H3/q+1. The molecule has 0 aliphatic heterocycles. The smallest absolute Gasteiger partial charge is 0.261 e. The zero-order valence-electron chi connectivity index (χ0n) is 25.2. The van der Waals surface area contributed by atoms with E-state index in [1.807, 2.05) is 7.05 Å². The van der Waals surface area contributed by atoms with Crippen molar-refractivity contribution in [3.05, 3.63) is 0 Å². The molecule has 11 nitrogen and oxygen atoms in total. The van der Waals surface area contributed by atoms with Crippen LogP contribution in [0.5, 0.6) is 0 Å². The highest BCUT2D eigenvalue weighted by molar-refractivity contribution is 7.88. The molecule has 0 spiro atoms. The molecule has 0 aromatic carbocycles. The highest BCUT2D eigenvalue weighted by Crippen LogP contribution is 2.83. The van der Waals surface area contributed by atoms with Crippen molar-refractivity contribution in [1.29, 1.82) is 0 Å². The molecule has 0 rings (SSSR count). The minimum Gasteiger partial charge on any atom is -0.261 e. The fourth-order valence-corrected chi connectivity index (χ4v) is 20.9. The summed E-state index contributed by atoms with van der Waals surface area (Å²) in [5.41, 5.74) is 0.